The molecule has 4 saturated carbocycles. The second-order valence-corrected chi connectivity index (χ2v) is 19.9. The second-order valence-electron chi connectivity index (χ2n) is 19.9. The van der Waals surface area contributed by atoms with Crippen molar-refractivity contribution in [3.05, 3.63) is 143 Å². The van der Waals surface area contributed by atoms with Crippen LogP contribution in [0.3, 0.4) is 0 Å². The highest BCUT2D eigenvalue weighted by Crippen LogP contribution is 2.81. The van der Waals surface area contributed by atoms with Crippen LogP contribution in [0.2, 0.25) is 0 Å². The first kappa shape index (κ1) is 38.9. The van der Waals surface area contributed by atoms with E-state index < -0.39 is 6.10 Å². The summed E-state index contributed by atoms with van der Waals surface area (Å²) in [4.78, 5) is 8.51. The molecule has 5 aromatic rings. The molecule has 12 atom stereocenters. The van der Waals surface area contributed by atoms with Gasteiger partial charge in [0.15, 0.2) is 23.0 Å². The lowest BCUT2D eigenvalue weighted by Crippen LogP contribution is -2.78. The van der Waals surface area contributed by atoms with E-state index in [1.807, 2.05) is 12.4 Å². The van der Waals surface area contributed by atoms with Gasteiger partial charge in [0.05, 0.1) is 23.9 Å². The highest BCUT2D eigenvalue weighted by molar-refractivity contribution is 6.03. The van der Waals surface area contributed by atoms with E-state index in [1.165, 1.54) is 68.0 Å². The minimum atomic E-state index is -0.535. The summed E-state index contributed by atoms with van der Waals surface area (Å²) in [6, 6.07) is 18.3. The van der Waals surface area contributed by atoms with Gasteiger partial charge in [-0.15, -0.1) is 0 Å². The number of aromatic nitrogens is 2. The summed E-state index contributed by atoms with van der Waals surface area (Å²) in [5, 5.41) is 71.0. The number of aryl methyl sites for hydroxylation is 1. The van der Waals surface area contributed by atoms with Gasteiger partial charge in [0, 0.05) is 34.8 Å². The van der Waals surface area contributed by atoms with Crippen molar-refractivity contribution in [3.63, 3.8) is 0 Å². The fourth-order valence-electron chi connectivity index (χ4n) is 15.6. The van der Waals surface area contributed by atoms with E-state index in [2.05, 4.69) is 77.2 Å². The maximum atomic E-state index is 12.6. The lowest BCUT2D eigenvalue weighted by molar-refractivity contribution is -0.220. The molecule has 63 heavy (non-hydrogen) atoms. The van der Waals surface area contributed by atoms with Crippen LogP contribution in [0.1, 0.15) is 84.5 Å². The molecule has 7 aliphatic rings. The number of hydrogen-bond donors (Lipinski definition) is 8. The number of allylic oxidation sites excluding steroid dienone is 3. The Morgan fingerprint density at radius 1 is 0.762 bits per heavy atom. The molecule has 0 radical (unpaired) electrons. The highest BCUT2D eigenvalue weighted by Gasteiger charge is 2.80. The smallest absolute Gasteiger partial charge is 0.169 e. The minimum absolute atomic E-state index is 0.00531. The largest absolute Gasteiger partial charge is 0.507 e. The van der Waals surface area contributed by atoms with Gasteiger partial charge in [-0.2, -0.15) is 0 Å². The molecule has 9 nitrogen and oxygen atoms in total. The van der Waals surface area contributed by atoms with Gasteiger partial charge in [0.25, 0.3) is 0 Å². The third kappa shape index (κ3) is 5.26. The van der Waals surface area contributed by atoms with E-state index in [-0.39, 0.29) is 68.4 Å². The number of nitrogens with one attached hydrogen (secondary N) is 2. The zero-order valence-electron chi connectivity index (χ0n) is 35.2. The summed E-state index contributed by atoms with van der Waals surface area (Å²) in [6.45, 7) is 0. The number of aromatic amines is 1. The SMILES string of the molecule is Oc1ccc(/C=C/c2c(CCc3ccc([C@@H]4C=C[C@@H]5C[C@H]6CCC[C@@]67[C@@H]6C=C[C@H]8CC[C@H]9C=C[C@@H](O)[C@H]([C@@]98C6)[C@@]7(c6cnc[nH]6)[C@@H]5N4)cc3)c(O)c(O)c3c(O)cccc23)cc1O. The van der Waals surface area contributed by atoms with Crippen molar-refractivity contribution in [1.82, 2.24) is 15.3 Å². The van der Waals surface area contributed by atoms with Crippen LogP contribution in [0.25, 0.3) is 22.9 Å². The lowest BCUT2D eigenvalue weighted by Gasteiger charge is -2.75. The molecule has 4 aromatic carbocycles. The fraction of sp³-hybridized carbons (Fsp3) is 0.389. The highest BCUT2D eigenvalue weighted by atomic mass is 16.3. The molecule has 0 saturated heterocycles. The van der Waals surface area contributed by atoms with Crippen LogP contribution < -0.4 is 5.32 Å². The predicted octanol–water partition coefficient (Wildman–Crippen LogP) is 9.51. The Labute approximate surface area is 367 Å². The van der Waals surface area contributed by atoms with Crippen LogP contribution >= 0.6 is 0 Å². The van der Waals surface area contributed by atoms with Gasteiger partial charge in [-0.05, 0) is 138 Å². The summed E-state index contributed by atoms with van der Waals surface area (Å²) < 4.78 is 0. The summed E-state index contributed by atoms with van der Waals surface area (Å²) >= 11 is 0. The first-order valence-electron chi connectivity index (χ1n) is 23.1. The molecule has 2 bridgehead atoms. The molecule has 2 spiro atoms. The molecule has 1 aromatic heterocycles. The van der Waals surface area contributed by atoms with E-state index in [0.29, 0.717) is 64.5 Å². The monoisotopic (exact) mass is 841 g/mol. The zero-order chi connectivity index (χ0) is 42.8. The topological polar surface area (TPSA) is 162 Å². The number of fused-ring (bicyclic) bond motifs is 5. The Hall–Kier alpha value is -5.77. The van der Waals surface area contributed by atoms with E-state index >= 15 is 0 Å². The average Bonchev–Trinajstić information content (AvgIpc) is 4.07. The van der Waals surface area contributed by atoms with Crippen molar-refractivity contribution in [2.75, 3.05) is 0 Å². The molecule has 6 aliphatic carbocycles. The number of phenolic OH excluding ortho intramolecular Hbond substituents is 5. The average molecular weight is 842 g/mol. The van der Waals surface area contributed by atoms with E-state index in [4.69, 9.17) is 4.98 Å². The molecule has 0 unspecified atom stereocenters. The van der Waals surface area contributed by atoms with Gasteiger partial charge in [0.2, 0.25) is 0 Å². The quantitative estimate of drug-likeness (QED) is 0.0457. The molecule has 12 rings (SSSR count). The van der Waals surface area contributed by atoms with Gasteiger partial charge >= 0.3 is 0 Å². The number of H-pyrrole nitrogens is 1. The van der Waals surface area contributed by atoms with Crippen LogP contribution in [0, 0.1) is 46.3 Å². The van der Waals surface area contributed by atoms with Gasteiger partial charge in [-0.3, -0.25) is 0 Å². The lowest BCUT2D eigenvalue weighted by atomic mass is 9.29. The van der Waals surface area contributed by atoms with Crippen molar-refractivity contribution in [2.45, 2.75) is 81.4 Å². The number of aliphatic hydroxyl groups is 1. The van der Waals surface area contributed by atoms with Crippen LogP contribution in [0.4, 0.5) is 0 Å². The van der Waals surface area contributed by atoms with Crippen LogP contribution in [-0.2, 0) is 18.3 Å². The summed E-state index contributed by atoms with van der Waals surface area (Å²) in [6.07, 6.45) is 31.0. The molecule has 4 fully saturated rings. The van der Waals surface area contributed by atoms with Gasteiger partial charge in [-0.1, -0.05) is 97.5 Å². The Kier molecular flexibility index (Phi) is 8.71. The fourth-order valence-corrected chi connectivity index (χ4v) is 15.6. The number of benzene rings is 4. The van der Waals surface area contributed by atoms with Crippen LogP contribution in [0.5, 0.6) is 28.7 Å². The van der Waals surface area contributed by atoms with Gasteiger partial charge in [0.1, 0.15) is 5.75 Å². The second kappa shape index (κ2) is 14.1. The first-order valence-corrected chi connectivity index (χ1v) is 23.1. The van der Waals surface area contributed by atoms with Crippen molar-refractivity contribution in [2.24, 2.45) is 46.3 Å². The van der Waals surface area contributed by atoms with Gasteiger partial charge < -0.3 is 40.9 Å². The number of rotatable bonds is 7. The molecule has 9 heteroatoms. The Morgan fingerprint density at radius 2 is 1.57 bits per heavy atom. The van der Waals surface area contributed by atoms with Crippen molar-refractivity contribution >= 4 is 22.9 Å². The summed E-state index contributed by atoms with van der Waals surface area (Å²) in [7, 11) is 0. The number of phenols is 5. The third-order valence-corrected chi connectivity index (χ3v) is 17.8. The molecule has 0 amide bonds. The molecule has 2 heterocycles. The molecular weight excluding hydrogens is 787 g/mol. The standard InChI is InChI=1S/C54H55N3O6/c58-42-22-10-31(25-45(42)61)9-19-38-39-4-1-5-43(59)47(39)49(63)48(62)40(38)20-8-30-6-11-32(12-7-30)41-21-13-33-26-36-3-2-24-53(36)37-17-16-34-14-15-35-18-23-44(60)50(52(34,35)27-37)54(53,51(33)57-41)46-28-55-29-56-46/h1,4-7,9-13,16-19,21-23,25,28-29,33-37,41,44,50-51,57-63H,2-3,8,14-15,20,24,26-27H2,(H,55,56)/b19-9+/t33-,34-,35+,36-,37-,41+,44-,50-,51-,52-,53+,54+/m1/s1. The van der Waals surface area contributed by atoms with E-state index in [9.17, 15) is 30.6 Å². The normalized spacial score (nSPS) is 35.7. The van der Waals surface area contributed by atoms with Crippen LogP contribution in [0.15, 0.2) is 110 Å². The summed E-state index contributed by atoms with van der Waals surface area (Å²) in [5.41, 5.74) is 4.93. The van der Waals surface area contributed by atoms with E-state index in [1.54, 1.807) is 24.3 Å². The van der Waals surface area contributed by atoms with E-state index in [0.717, 1.165) is 12.0 Å². The number of aliphatic hydroxyl groups excluding tert-OH is 1. The maximum Gasteiger partial charge on any atom is 0.169 e. The molecule has 322 valence electrons. The first-order chi connectivity index (χ1) is 30.6. The Bertz CT molecular complexity index is 2760. The van der Waals surface area contributed by atoms with Crippen LogP contribution in [-0.4, -0.2) is 52.8 Å². The molecule has 8 N–H and O–H groups in total. The van der Waals surface area contributed by atoms with Gasteiger partial charge in [-0.25, -0.2) is 4.98 Å². The van der Waals surface area contributed by atoms with Crippen molar-refractivity contribution in [1.29, 1.82) is 0 Å². The number of nitrogens with zero attached hydrogens (tertiary/aromatic N) is 1. The molecular formula is C54H55N3O6. The zero-order valence-corrected chi connectivity index (χ0v) is 35.2. The number of hydrogen-bond acceptors (Lipinski definition) is 8. The third-order valence-electron chi connectivity index (χ3n) is 17.8. The number of imidazole rings is 1. The van der Waals surface area contributed by atoms with Crippen molar-refractivity contribution in [3.8, 4) is 28.7 Å². The maximum absolute atomic E-state index is 12.6. The predicted molar refractivity (Wildman–Crippen MR) is 243 cm³/mol. The Balaban J connectivity index is 0.886. The molecule has 1 aliphatic heterocycles. The number of aromatic hydroxyl groups is 5. The van der Waals surface area contributed by atoms with Crippen molar-refractivity contribution < 1.29 is 30.6 Å². The minimum Gasteiger partial charge on any atom is -0.507 e. The summed E-state index contributed by atoms with van der Waals surface area (Å²) in [5.74, 6) is 1.10. The Morgan fingerprint density at radius 3 is 2.37 bits per heavy atom.